The summed E-state index contributed by atoms with van der Waals surface area (Å²) >= 11 is 0. The highest BCUT2D eigenvalue weighted by molar-refractivity contribution is 5.69. The first-order chi connectivity index (χ1) is 8.40. The van der Waals surface area contributed by atoms with Gasteiger partial charge < -0.3 is 31.2 Å². The van der Waals surface area contributed by atoms with E-state index in [9.17, 15) is 10.2 Å². The third-order valence-corrected chi connectivity index (χ3v) is 2.11. The molecule has 1 aromatic rings. The third kappa shape index (κ3) is 4.31. The number of anilines is 2. The fourth-order valence-corrected chi connectivity index (χ4v) is 1.24. The Kier molecular flexibility index (Phi) is 5.06. The van der Waals surface area contributed by atoms with Crippen LogP contribution in [0.5, 0.6) is 11.5 Å². The fourth-order valence-electron chi connectivity index (χ4n) is 1.24. The summed E-state index contributed by atoms with van der Waals surface area (Å²) in [5.41, 5.74) is 12.1. The first-order valence-electron chi connectivity index (χ1n) is 5.71. The second kappa shape index (κ2) is 6.32. The van der Waals surface area contributed by atoms with Crippen molar-refractivity contribution in [2.75, 3.05) is 24.7 Å². The van der Waals surface area contributed by atoms with E-state index in [0.717, 1.165) is 0 Å². The molecule has 0 aliphatic carbocycles. The zero-order valence-electron chi connectivity index (χ0n) is 10.6. The van der Waals surface area contributed by atoms with Gasteiger partial charge in [-0.3, -0.25) is 0 Å². The normalized spacial score (nSPS) is 14.0. The molecule has 0 fully saturated rings. The summed E-state index contributed by atoms with van der Waals surface area (Å²) in [5, 5.41) is 18.4. The molecule has 1 rings (SSSR count). The molecule has 6 nitrogen and oxygen atoms in total. The Bertz CT molecular complexity index is 357. The van der Waals surface area contributed by atoms with Crippen molar-refractivity contribution < 1.29 is 19.7 Å². The molecule has 0 radical (unpaired) electrons. The lowest BCUT2D eigenvalue weighted by molar-refractivity contribution is 0.107. The molecule has 0 amide bonds. The van der Waals surface area contributed by atoms with E-state index in [-0.39, 0.29) is 13.2 Å². The minimum Gasteiger partial charge on any atom is -0.487 e. The second-order valence-electron chi connectivity index (χ2n) is 4.25. The van der Waals surface area contributed by atoms with Crippen molar-refractivity contribution in [2.45, 2.75) is 26.1 Å². The predicted molar refractivity (Wildman–Crippen MR) is 69.6 cm³/mol. The molecule has 0 aliphatic heterocycles. The second-order valence-corrected chi connectivity index (χ2v) is 4.25. The molecule has 0 saturated carbocycles. The summed E-state index contributed by atoms with van der Waals surface area (Å²) in [5.74, 6) is 0.784. The SMILES string of the molecule is CC(O)COc1cc(N)c(N)cc1OCC(C)O. The molecular weight excluding hydrogens is 236 g/mol. The van der Waals surface area contributed by atoms with E-state index in [4.69, 9.17) is 20.9 Å². The number of nitrogens with two attached hydrogens (primary N) is 2. The Labute approximate surface area is 106 Å². The van der Waals surface area contributed by atoms with Gasteiger partial charge in [-0.25, -0.2) is 0 Å². The maximum atomic E-state index is 9.18. The van der Waals surface area contributed by atoms with Crippen molar-refractivity contribution in [3.05, 3.63) is 12.1 Å². The van der Waals surface area contributed by atoms with Gasteiger partial charge in [0.15, 0.2) is 11.5 Å². The minimum absolute atomic E-state index is 0.119. The zero-order valence-corrected chi connectivity index (χ0v) is 10.6. The van der Waals surface area contributed by atoms with Gasteiger partial charge in [-0.2, -0.15) is 0 Å². The van der Waals surface area contributed by atoms with Crippen LogP contribution in [0.1, 0.15) is 13.8 Å². The first-order valence-corrected chi connectivity index (χ1v) is 5.71. The van der Waals surface area contributed by atoms with Crippen LogP contribution in [0.3, 0.4) is 0 Å². The van der Waals surface area contributed by atoms with Gasteiger partial charge in [0.2, 0.25) is 0 Å². The third-order valence-electron chi connectivity index (χ3n) is 2.11. The quantitative estimate of drug-likeness (QED) is 0.547. The fraction of sp³-hybridized carbons (Fsp3) is 0.500. The number of hydrogen-bond donors (Lipinski definition) is 4. The maximum Gasteiger partial charge on any atom is 0.163 e. The van der Waals surface area contributed by atoms with Crippen LogP contribution in [-0.4, -0.2) is 35.6 Å². The van der Waals surface area contributed by atoms with Gasteiger partial charge in [0.25, 0.3) is 0 Å². The molecule has 0 spiro atoms. The van der Waals surface area contributed by atoms with Crippen LogP contribution >= 0.6 is 0 Å². The van der Waals surface area contributed by atoms with Gasteiger partial charge in [0.1, 0.15) is 13.2 Å². The molecule has 0 aromatic heterocycles. The Morgan fingerprint density at radius 2 is 1.28 bits per heavy atom. The van der Waals surface area contributed by atoms with E-state index in [1.165, 1.54) is 12.1 Å². The van der Waals surface area contributed by atoms with E-state index in [1.54, 1.807) is 13.8 Å². The van der Waals surface area contributed by atoms with Gasteiger partial charge in [0, 0.05) is 12.1 Å². The van der Waals surface area contributed by atoms with Crippen LogP contribution in [-0.2, 0) is 0 Å². The van der Waals surface area contributed by atoms with E-state index in [2.05, 4.69) is 0 Å². The molecule has 0 saturated heterocycles. The van der Waals surface area contributed by atoms with Crippen molar-refractivity contribution in [2.24, 2.45) is 0 Å². The van der Waals surface area contributed by atoms with Crippen LogP contribution in [0.4, 0.5) is 11.4 Å². The lowest BCUT2D eigenvalue weighted by Gasteiger charge is -2.16. The number of aliphatic hydroxyl groups excluding tert-OH is 2. The van der Waals surface area contributed by atoms with E-state index < -0.39 is 12.2 Å². The highest BCUT2D eigenvalue weighted by Crippen LogP contribution is 2.34. The predicted octanol–water partition coefficient (Wildman–Crippen LogP) is 0.370. The Morgan fingerprint density at radius 3 is 1.56 bits per heavy atom. The van der Waals surface area contributed by atoms with Crippen LogP contribution in [0.15, 0.2) is 12.1 Å². The minimum atomic E-state index is -0.603. The zero-order chi connectivity index (χ0) is 13.7. The summed E-state index contributed by atoms with van der Waals surface area (Å²) < 4.78 is 10.7. The van der Waals surface area contributed by atoms with E-state index >= 15 is 0 Å². The Hall–Kier alpha value is -1.66. The van der Waals surface area contributed by atoms with E-state index in [0.29, 0.717) is 22.9 Å². The Balaban J connectivity index is 2.86. The number of ether oxygens (including phenoxy) is 2. The topological polar surface area (TPSA) is 111 Å². The highest BCUT2D eigenvalue weighted by atomic mass is 16.5. The average molecular weight is 256 g/mol. The average Bonchev–Trinajstić information content (AvgIpc) is 2.28. The molecule has 2 unspecified atom stereocenters. The van der Waals surface area contributed by atoms with E-state index in [1.807, 2.05) is 0 Å². The highest BCUT2D eigenvalue weighted by Gasteiger charge is 2.11. The van der Waals surface area contributed by atoms with Gasteiger partial charge in [-0.05, 0) is 13.8 Å². The monoisotopic (exact) mass is 256 g/mol. The van der Waals surface area contributed by atoms with Crippen molar-refractivity contribution in [1.82, 2.24) is 0 Å². The smallest absolute Gasteiger partial charge is 0.163 e. The summed E-state index contributed by atoms with van der Waals surface area (Å²) in [4.78, 5) is 0. The van der Waals surface area contributed by atoms with Crippen LogP contribution in [0, 0.1) is 0 Å². The number of nitrogen functional groups attached to an aromatic ring is 2. The van der Waals surface area contributed by atoms with Gasteiger partial charge >= 0.3 is 0 Å². The lowest BCUT2D eigenvalue weighted by Crippen LogP contribution is -2.16. The molecule has 6 N–H and O–H groups in total. The molecule has 18 heavy (non-hydrogen) atoms. The van der Waals surface area contributed by atoms with Crippen molar-refractivity contribution >= 4 is 11.4 Å². The summed E-state index contributed by atoms with van der Waals surface area (Å²) in [7, 11) is 0. The Morgan fingerprint density at radius 1 is 0.944 bits per heavy atom. The number of rotatable bonds is 6. The van der Waals surface area contributed by atoms with Gasteiger partial charge in [-0.1, -0.05) is 0 Å². The van der Waals surface area contributed by atoms with Gasteiger partial charge in [0.05, 0.1) is 23.6 Å². The molecule has 6 heteroatoms. The summed E-state index contributed by atoms with van der Waals surface area (Å²) in [6, 6.07) is 3.07. The first kappa shape index (κ1) is 14.4. The van der Waals surface area contributed by atoms with Crippen LogP contribution in [0.25, 0.3) is 0 Å². The van der Waals surface area contributed by atoms with Crippen molar-refractivity contribution in [3.63, 3.8) is 0 Å². The van der Waals surface area contributed by atoms with Crippen molar-refractivity contribution in [1.29, 1.82) is 0 Å². The molecule has 102 valence electrons. The molecule has 0 bridgehead atoms. The van der Waals surface area contributed by atoms with Crippen LogP contribution < -0.4 is 20.9 Å². The maximum absolute atomic E-state index is 9.18. The molecule has 2 atom stereocenters. The summed E-state index contributed by atoms with van der Waals surface area (Å²) in [6.07, 6.45) is -1.21. The van der Waals surface area contributed by atoms with Crippen molar-refractivity contribution in [3.8, 4) is 11.5 Å². The molecular formula is C12H20N2O4. The number of benzene rings is 1. The number of aliphatic hydroxyl groups is 2. The van der Waals surface area contributed by atoms with Gasteiger partial charge in [-0.15, -0.1) is 0 Å². The van der Waals surface area contributed by atoms with Crippen LogP contribution in [0.2, 0.25) is 0 Å². The largest absolute Gasteiger partial charge is 0.487 e. The molecule has 0 heterocycles. The molecule has 0 aliphatic rings. The number of hydrogen-bond acceptors (Lipinski definition) is 6. The standard InChI is InChI=1S/C12H20N2O4/c1-7(15)5-17-11-3-9(13)10(14)4-12(11)18-6-8(2)16/h3-4,7-8,15-16H,5-6,13-14H2,1-2H3. The molecule has 1 aromatic carbocycles. The summed E-state index contributed by atoms with van der Waals surface area (Å²) in [6.45, 7) is 3.46. The lowest BCUT2D eigenvalue weighted by atomic mass is 10.2.